The first-order valence-corrected chi connectivity index (χ1v) is 7.80. The monoisotopic (exact) mass is 375 g/mol. The van der Waals surface area contributed by atoms with Crippen LogP contribution in [-0.2, 0) is 4.79 Å². The summed E-state index contributed by atoms with van der Waals surface area (Å²) in [5.74, 6) is 0.992. The molecular formula is C18H18BrNO3. The maximum atomic E-state index is 12.1. The maximum Gasteiger partial charge on any atom is 0.248 e. The van der Waals surface area contributed by atoms with E-state index in [4.69, 9.17) is 9.47 Å². The predicted octanol–water partition coefficient (Wildman–Crippen LogP) is 4.43. The van der Waals surface area contributed by atoms with Gasteiger partial charge in [0, 0.05) is 16.1 Å². The van der Waals surface area contributed by atoms with E-state index in [1.54, 1.807) is 26.4 Å². The molecule has 0 radical (unpaired) electrons. The lowest BCUT2D eigenvalue weighted by Gasteiger charge is -2.10. The van der Waals surface area contributed by atoms with Crippen LogP contribution in [0.1, 0.15) is 11.1 Å². The van der Waals surface area contributed by atoms with Gasteiger partial charge in [0.2, 0.25) is 5.91 Å². The Kier molecular flexibility index (Phi) is 5.82. The van der Waals surface area contributed by atoms with Gasteiger partial charge in [-0.25, -0.2) is 0 Å². The number of nitrogens with one attached hydrogen (secondary N) is 1. The number of methoxy groups -OCH3 is 2. The SMILES string of the molecule is COc1cccc(/C=C/C(=O)Nc2ccc(C)cc2Br)c1OC. The van der Waals surface area contributed by atoms with Gasteiger partial charge in [0.05, 0.1) is 19.9 Å². The number of anilines is 1. The lowest BCUT2D eigenvalue weighted by Crippen LogP contribution is -2.08. The van der Waals surface area contributed by atoms with Crippen molar-refractivity contribution in [1.82, 2.24) is 0 Å². The highest BCUT2D eigenvalue weighted by Crippen LogP contribution is 2.31. The van der Waals surface area contributed by atoms with Gasteiger partial charge in [-0.05, 0) is 52.7 Å². The highest BCUT2D eigenvalue weighted by atomic mass is 79.9. The van der Waals surface area contributed by atoms with E-state index in [9.17, 15) is 4.79 Å². The molecule has 0 saturated heterocycles. The molecule has 0 aliphatic rings. The Balaban J connectivity index is 2.15. The van der Waals surface area contributed by atoms with Gasteiger partial charge in [0.15, 0.2) is 11.5 Å². The number of halogens is 1. The third kappa shape index (κ3) is 4.36. The second kappa shape index (κ2) is 7.83. The molecule has 0 aliphatic heterocycles. The van der Waals surface area contributed by atoms with Gasteiger partial charge in [0.1, 0.15) is 0 Å². The molecule has 23 heavy (non-hydrogen) atoms. The molecule has 0 aliphatic carbocycles. The maximum absolute atomic E-state index is 12.1. The molecule has 0 heterocycles. The predicted molar refractivity (Wildman–Crippen MR) is 96.1 cm³/mol. The number of hydrogen-bond acceptors (Lipinski definition) is 3. The smallest absolute Gasteiger partial charge is 0.248 e. The molecule has 0 spiro atoms. The Morgan fingerprint density at radius 3 is 2.61 bits per heavy atom. The van der Waals surface area contributed by atoms with Crippen molar-refractivity contribution in [2.75, 3.05) is 19.5 Å². The summed E-state index contributed by atoms with van der Waals surface area (Å²) in [6.07, 6.45) is 3.16. The zero-order chi connectivity index (χ0) is 16.8. The number of carbonyl (C=O) groups is 1. The average molecular weight is 376 g/mol. The summed E-state index contributed by atoms with van der Waals surface area (Å²) in [6.45, 7) is 1.99. The molecule has 0 aromatic heterocycles. The molecule has 0 fully saturated rings. The van der Waals surface area contributed by atoms with Crippen LogP contribution < -0.4 is 14.8 Å². The Labute approximate surface area is 144 Å². The number of carbonyl (C=O) groups excluding carboxylic acids is 1. The van der Waals surface area contributed by atoms with Crippen LogP contribution in [0.15, 0.2) is 46.9 Å². The van der Waals surface area contributed by atoms with E-state index in [2.05, 4.69) is 21.2 Å². The molecule has 0 unspecified atom stereocenters. The minimum Gasteiger partial charge on any atom is -0.493 e. The van der Waals surface area contributed by atoms with Crippen LogP contribution in [0.2, 0.25) is 0 Å². The van der Waals surface area contributed by atoms with Crippen molar-refractivity contribution in [1.29, 1.82) is 0 Å². The third-order valence-corrected chi connectivity index (χ3v) is 3.89. The molecule has 2 rings (SSSR count). The number of amides is 1. The van der Waals surface area contributed by atoms with Gasteiger partial charge in [-0.1, -0.05) is 18.2 Å². The standard InChI is InChI=1S/C18H18BrNO3/c1-12-7-9-15(14(19)11-12)20-17(21)10-8-13-5-4-6-16(22-2)18(13)23-3/h4-11H,1-3H3,(H,20,21)/b10-8+. The van der Waals surface area contributed by atoms with E-state index >= 15 is 0 Å². The van der Waals surface area contributed by atoms with Crippen LogP contribution in [0.3, 0.4) is 0 Å². The average Bonchev–Trinajstić information content (AvgIpc) is 2.55. The van der Waals surface area contributed by atoms with Crippen LogP contribution >= 0.6 is 15.9 Å². The second-order valence-corrected chi connectivity index (χ2v) is 5.74. The van der Waals surface area contributed by atoms with E-state index in [1.807, 2.05) is 37.3 Å². The first-order valence-electron chi connectivity index (χ1n) is 7.01. The fourth-order valence-electron chi connectivity index (χ4n) is 2.10. The van der Waals surface area contributed by atoms with Crippen molar-refractivity contribution < 1.29 is 14.3 Å². The lowest BCUT2D eigenvalue weighted by molar-refractivity contribution is -0.111. The van der Waals surface area contributed by atoms with Gasteiger partial charge >= 0.3 is 0 Å². The molecule has 0 saturated carbocycles. The zero-order valence-electron chi connectivity index (χ0n) is 13.2. The molecule has 1 N–H and O–H groups in total. The van der Waals surface area contributed by atoms with Gasteiger partial charge in [-0.15, -0.1) is 0 Å². The first kappa shape index (κ1) is 17.1. The van der Waals surface area contributed by atoms with Crippen molar-refractivity contribution in [2.45, 2.75) is 6.92 Å². The van der Waals surface area contributed by atoms with Gasteiger partial charge in [-0.3, -0.25) is 4.79 Å². The van der Waals surface area contributed by atoms with Crippen LogP contribution in [0.4, 0.5) is 5.69 Å². The Morgan fingerprint density at radius 1 is 1.17 bits per heavy atom. The van der Waals surface area contributed by atoms with E-state index in [-0.39, 0.29) is 5.91 Å². The summed E-state index contributed by atoms with van der Waals surface area (Å²) in [5, 5.41) is 2.83. The van der Waals surface area contributed by atoms with Gasteiger partial charge in [-0.2, -0.15) is 0 Å². The summed E-state index contributed by atoms with van der Waals surface area (Å²) >= 11 is 3.44. The molecule has 2 aromatic rings. The van der Waals surface area contributed by atoms with Crippen molar-refractivity contribution in [3.8, 4) is 11.5 Å². The lowest BCUT2D eigenvalue weighted by atomic mass is 10.1. The largest absolute Gasteiger partial charge is 0.493 e. The Morgan fingerprint density at radius 2 is 1.96 bits per heavy atom. The quantitative estimate of drug-likeness (QED) is 0.786. The number of rotatable bonds is 5. The summed E-state index contributed by atoms with van der Waals surface area (Å²) in [4.78, 5) is 12.1. The number of para-hydroxylation sites is 1. The molecule has 0 atom stereocenters. The molecule has 120 valence electrons. The third-order valence-electron chi connectivity index (χ3n) is 3.23. The fourth-order valence-corrected chi connectivity index (χ4v) is 2.70. The summed E-state index contributed by atoms with van der Waals surface area (Å²) in [5.41, 5.74) is 2.61. The van der Waals surface area contributed by atoms with Crippen LogP contribution in [0.5, 0.6) is 11.5 Å². The van der Waals surface area contributed by atoms with Crippen LogP contribution in [-0.4, -0.2) is 20.1 Å². The number of ether oxygens (including phenoxy) is 2. The van der Waals surface area contributed by atoms with Gasteiger partial charge in [0.25, 0.3) is 0 Å². The van der Waals surface area contributed by atoms with Crippen molar-refractivity contribution >= 4 is 33.6 Å². The molecule has 0 bridgehead atoms. The Hall–Kier alpha value is -2.27. The van der Waals surface area contributed by atoms with Crippen molar-refractivity contribution in [2.24, 2.45) is 0 Å². The van der Waals surface area contributed by atoms with Crippen LogP contribution in [0.25, 0.3) is 6.08 Å². The molecule has 5 heteroatoms. The first-order chi connectivity index (χ1) is 11.0. The molecule has 4 nitrogen and oxygen atoms in total. The molecule has 2 aromatic carbocycles. The van der Waals surface area contributed by atoms with E-state index < -0.39 is 0 Å². The van der Waals surface area contributed by atoms with E-state index in [0.717, 1.165) is 21.3 Å². The fraction of sp³-hybridized carbons (Fsp3) is 0.167. The minimum absolute atomic E-state index is 0.223. The molecular weight excluding hydrogens is 358 g/mol. The Bertz CT molecular complexity index is 741. The van der Waals surface area contributed by atoms with Crippen molar-refractivity contribution in [3.05, 3.63) is 58.1 Å². The van der Waals surface area contributed by atoms with Crippen molar-refractivity contribution in [3.63, 3.8) is 0 Å². The summed E-state index contributed by atoms with van der Waals surface area (Å²) < 4.78 is 11.4. The number of hydrogen-bond donors (Lipinski definition) is 1. The van der Waals surface area contributed by atoms with Crippen LogP contribution in [0, 0.1) is 6.92 Å². The number of benzene rings is 2. The van der Waals surface area contributed by atoms with E-state index in [0.29, 0.717) is 11.5 Å². The summed E-state index contributed by atoms with van der Waals surface area (Å²) in [7, 11) is 3.14. The van der Waals surface area contributed by atoms with Gasteiger partial charge < -0.3 is 14.8 Å². The minimum atomic E-state index is -0.223. The highest BCUT2D eigenvalue weighted by Gasteiger charge is 2.08. The zero-order valence-corrected chi connectivity index (χ0v) is 14.8. The second-order valence-electron chi connectivity index (χ2n) is 4.89. The molecule has 1 amide bonds. The highest BCUT2D eigenvalue weighted by molar-refractivity contribution is 9.10. The normalized spacial score (nSPS) is 10.6. The van der Waals surface area contributed by atoms with E-state index in [1.165, 1.54) is 6.08 Å². The number of aryl methyl sites for hydroxylation is 1. The topological polar surface area (TPSA) is 47.6 Å². The summed E-state index contributed by atoms with van der Waals surface area (Å²) in [6, 6.07) is 11.2.